The van der Waals surface area contributed by atoms with Crippen LogP contribution in [0.25, 0.3) is 0 Å². The highest BCUT2D eigenvalue weighted by Crippen LogP contribution is 2.40. The molecule has 1 aromatic rings. The maximum absolute atomic E-state index is 13.4. The third-order valence-electron chi connectivity index (χ3n) is 4.97. The fraction of sp³-hybridized carbons (Fsp3) is 0.611. The largest absolute Gasteiger partial charge is 0.325 e. The van der Waals surface area contributed by atoms with Crippen LogP contribution in [0.15, 0.2) is 24.5 Å². The Kier molecular flexibility index (Phi) is 5.64. The van der Waals surface area contributed by atoms with E-state index in [0.29, 0.717) is 11.8 Å². The van der Waals surface area contributed by atoms with Gasteiger partial charge in [-0.15, -0.1) is 0 Å². The lowest BCUT2D eigenvalue weighted by molar-refractivity contribution is -0.134. The van der Waals surface area contributed by atoms with Gasteiger partial charge in [0, 0.05) is 30.3 Å². The molecule has 0 saturated carbocycles. The number of aromatic nitrogens is 1. The average molecular weight is 362 g/mol. The molecule has 7 heteroatoms. The molecule has 2 fully saturated rings. The third kappa shape index (κ3) is 3.53. The number of pyridine rings is 1. The van der Waals surface area contributed by atoms with E-state index in [0.717, 1.165) is 37.2 Å². The van der Waals surface area contributed by atoms with E-state index in [-0.39, 0.29) is 17.9 Å². The number of thioether (sulfide) groups is 1. The lowest BCUT2D eigenvalue weighted by atomic mass is 9.74. The Balaban J connectivity index is 1.90. The fourth-order valence-corrected chi connectivity index (χ4v) is 4.50. The van der Waals surface area contributed by atoms with Crippen molar-refractivity contribution in [2.75, 3.05) is 25.4 Å². The van der Waals surface area contributed by atoms with Crippen molar-refractivity contribution in [1.82, 2.24) is 20.5 Å². The standard InChI is InChI=1S/C18H26N4O2S/c1-13(2)25-11-10-22-16(23)18(21-17(22)24,14-5-8-19-9-6-14)15-4-3-7-20-12-15/h3-4,7,12-14,19H,5-6,8-11H2,1-2H3,(H,21,24). The molecule has 0 spiro atoms. The molecule has 3 rings (SSSR count). The summed E-state index contributed by atoms with van der Waals surface area (Å²) in [6.45, 7) is 6.40. The van der Waals surface area contributed by atoms with Crippen molar-refractivity contribution in [2.45, 2.75) is 37.5 Å². The lowest BCUT2D eigenvalue weighted by Gasteiger charge is -2.37. The topological polar surface area (TPSA) is 74.3 Å². The molecule has 0 aliphatic carbocycles. The highest BCUT2D eigenvalue weighted by molar-refractivity contribution is 7.99. The van der Waals surface area contributed by atoms with E-state index >= 15 is 0 Å². The van der Waals surface area contributed by atoms with Gasteiger partial charge in [0.2, 0.25) is 0 Å². The minimum absolute atomic E-state index is 0.0807. The number of hydrogen-bond acceptors (Lipinski definition) is 5. The van der Waals surface area contributed by atoms with Crippen LogP contribution in [0.1, 0.15) is 32.3 Å². The minimum atomic E-state index is -0.976. The third-order valence-corrected chi connectivity index (χ3v) is 6.05. The number of nitrogens with zero attached hydrogens (tertiary/aromatic N) is 2. The molecule has 1 aromatic heterocycles. The Morgan fingerprint density at radius 3 is 2.76 bits per heavy atom. The molecule has 6 nitrogen and oxygen atoms in total. The van der Waals surface area contributed by atoms with Crippen molar-refractivity contribution < 1.29 is 9.59 Å². The van der Waals surface area contributed by atoms with Gasteiger partial charge in [0.05, 0.1) is 0 Å². The van der Waals surface area contributed by atoms with E-state index in [1.54, 1.807) is 24.2 Å². The molecule has 3 amide bonds. The van der Waals surface area contributed by atoms with Crippen LogP contribution in [-0.2, 0) is 10.3 Å². The molecular formula is C18H26N4O2S. The number of urea groups is 1. The Morgan fingerprint density at radius 1 is 1.36 bits per heavy atom. The Labute approximate surface area is 153 Å². The van der Waals surface area contributed by atoms with Gasteiger partial charge in [-0.05, 0) is 43.2 Å². The molecule has 2 N–H and O–H groups in total. The first-order valence-corrected chi connectivity index (χ1v) is 9.97. The summed E-state index contributed by atoms with van der Waals surface area (Å²) in [5, 5.41) is 6.87. The monoisotopic (exact) mass is 362 g/mol. The quantitative estimate of drug-likeness (QED) is 0.757. The van der Waals surface area contributed by atoms with Crippen LogP contribution in [-0.4, -0.2) is 52.5 Å². The maximum atomic E-state index is 13.4. The van der Waals surface area contributed by atoms with E-state index in [1.165, 1.54) is 4.90 Å². The molecule has 25 heavy (non-hydrogen) atoms. The predicted octanol–water partition coefficient (Wildman–Crippen LogP) is 1.97. The predicted molar refractivity (Wildman–Crippen MR) is 99.3 cm³/mol. The van der Waals surface area contributed by atoms with Gasteiger partial charge < -0.3 is 10.6 Å². The first-order chi connectivity index (χ1) is 12.1. The van der Waals surface area contributed by atoms with E-state index < -0.39 is 5.54 Å². The molecule has 3 heterocycles. The maximum Gasteiger partial charge on any atom is 0.325 e. The first-order valence-electron chi connectivity index (χ1n) is 8.92. The highest BCUT2D eigenvalue weighted by atomic mass is 32.2. The fourth-order valence-electron chi connectivity index (χ4n) is 3.74. The van der Waals surface area contributed by atoms with Gasteiger partial charge in [-0.1, -0.05) is 19.9 Å². The molecule has 1 unspecified atom stereocenters. The Morgan fingerprint density at radius 2 is 2.12 bits per heavy atom. The number of carbonyl (C=O) groups is 2. The average Bonchev–Trinajstić information content (AvgIpc) is 2.88. The van der Waals surface area contributed by atoms with E-state index in [1.807, 2.05) is 12.1 Å². The van der Waals surface area contributed by atoms with Crippen LogP contribution in [0.4, 0.5) is 4.79 Å². The number of rotatable bonds is 6. The number of nitrogens with one attached hydrogen (secondary N) is 2. The summed E-state index contributed by atoms with van der Waals surface area (Å²) in [7, 11) is 0. The molecule has 2 aliphatic rings. The summed E-state index contributed by atoms with van der Waals surface area (Å²) < 4.78 is 0. The van der Waals surface area contributed by atoms with E-state index in [9.17, 15) is 9.59 Å². The van der Waals surface area contributed by atoms with Gasteiger partial charge in [-0.25, -0.2) is 4.79 Å². The zero-order valence-corrected chi connectivity index (χ0v) is 15.6. The smallest absolute Gasteiger partial charge is 0.319 e. The zero-order chi connectivity index (χ0) is 17.9. The van der Waals surface area contributed by atoms with E-state index in [4.69, 9.17) is 0 Å². The molecular weight excluding hydrogens is 336 g/mol. The molecule has 2 saturated heterocycles. The van der Waals surface area contributed by atoms with Gasteiger partial charge >= 0.3 is 6.03 Å². The molecule has 1 atom stereocenters. The number of imide groups is 1. The molecule has 0 aromatic carbocycles. The Bertz CT molecular complexity index is 619. The summed E-state index contributed by atoms with van der Waals surface area (Å²) in [6, 6.07) is 3.45. The van der Waals surface area contributed by atoms with Crippen LogP contribution in [0.5, 0.6) is 0 Å². The molecule has 0 radical (unpaired) electrons. The van der Waals surface area contributed by atoms with Gasteiger partial charge in [0.15, 0.2) is 5.54 Å². The highest BCUT2D eigenvalue weighted by Gasteiger charge is 2.56. The molecule has 0 bridgehead atoms. The van der Waals surface area contributed by atoms with Crippen LogP contribution < -0.4 is 10.6 Å². The Hall–Kier alpha value is -1.60. The summed E-state index contributed by atoms with van der Waals surface area (Å²) in [6.07, 6.45) is 5.12. The van der Waals surface area contributed by atoms with Gasteiger partial charge in [0.1, 0.15) is 0 Å². The number of carbonyl (C=O) groups excluding carboxylic acids is 2. The van der Waals surface area contributed by atoms with Crippen molar-refractivity contribution in [2.24, 2.45) is 5.92 Å². The second kappa shape index (κ2) is 7.74. The minimum Gasteiger partial charge on any atom is -0.319 e. The summed E-state index contributed by atoms with van der Waals surface area (Å²) in [4.78, 5) is 31.6. The van der Waals surface area contributed by atoms with Crippen LogP contribution in [0.3, 0.4) is 0 Å². The van der Waals surface area contributed by atoms with E-state index in [2.05, 4.69) is 29.5 Å². The SMILES string of the molecule is CC(C)SCCN1C(=O)NC(c2cccnc2)(C2CCNCC2)C1=O. The van der Waals surface area contributed by atoms with Gasteiger partial charge in [0.25, 0.3) is 5.91 Å². The number of amides is 3. The first kappa shape index (κ1) is 18.2. The summed E-state index contributed by atoms with van der Waals surface area (Å²) >= 11 is 1.76. The number of hydrogen-bond donors (Lipinski definition) is 2. The van der Waals surface area contributed by atoms with Crippen molar-refractivity contribution in [3.8, 4) is 0 Å². The zero-order valence-electron chi connectivity index (χ0n) is 14.8. The second-order valence-electron chi connectivity index (χ2n) is 6.88. The van der Waals surface area contributed by atoms with Crippen molar-refractivity contribution in [3.05, 3.63) is 30.1 Å². The summed E-state index contributed by atoms with van der Waals surface area (Å²) in [5.41, 5.74) is -0.185. The summed E-state index contributed by atoms with van der Waals surface area (Å²) in [5.74, 6) is 0.713. The van der Waals surface area contributed by atoms with Gasteiger partial charge in [-0.2, -0.15) is 11.8 Å². The van der Waals surface area contributed by atoms with Gasteiger partial charge in [-0.3, -0.25) is 14.7 Å². The normalized spacial score (nSPS) is 24.8. The van der Waals surface area contributed by atoms with Crippen molar-refractivity contribution >= 4 is 23.7 Å². The molecule has 2 aliphatic heterocycles. The van der Waals surface area contributed by atoms with Crippen LogP contribution in [0, 0.1) is 5.92 Å². The van der Waals surface area contributed by atoms with Crippen molar-refractivity contribution in [3.63, 3.8) is 0 Å². The lowest BCUT2D eigenvalue weighted by Crippen LogP contribution is -2.53. The van der Waals surface area contributed by atoms with Crippen molar-refractivity contribution in [1.29, 1.82) is 0 Å². The van der Waals surface area contributed by atoms with Crippen LogP contribution in [0.2, 0.25) is 0 Å². The molecule has 136 valence electrons. The second-order valence-corrected chi connectivity index (χ2v) is 8.56. The van der Waals surface area contributed by atoms with Crippen LogP contribution >= 0.6 is 11.8 Å². The number of piperidine rings is 1.